The lowest BCUT2D eigenvalue weighted by Crippen LogP contribution is -2.63. The van der Waals surface area contributed by atoms with Crippen molar-refractivity contribution in [1.29, 1.82) is 0 Å². The number of rotatable bonds is 22. The predicted molar refractivity (Wildman–Crippen MR) is 328 cm³/mol. The maximum atomic E-state index is 15.5. The first kappa shape index (κ1) is 65.0. The number of hydrogen-bond acceptors (Lipinski definition) is 18. The molecular formula is C62H80F5N15O6S. The monoisotopic (exact) mass is 1260 g/mol. The molecule has 2 aromatic carbocycles. The molecule has 0 saturated carbocycles. The fourth-order valence-corrected chi connectivity index (χ4v) is 13.4. The normalized spacial score (nSPS) is 21.2. The quantitative estimate of drug-likeness (QED) is 0.0409. The van der Waals surface area contributed by atoms with Gasteiger partial charge in [-0.05, 0) is 79.8 Å². The molecule has 0 radical (unpaired) electrons. The van der Waals surface area contributed by atoms with Crippen LogP contribution < -0.4 is 31.3 Å². The fourth-order valence-electron chi connectivity index (χ4n) is 12.5. The van der Waals surface area contributed by atoms with E-state index in [1.165, 1.54) is 29.6 Å². The number of benzene rings is 2. The van der Waals surface area contributed by atoms with Crippen LogP contribution in [0.25, 0.3) is 32.9 Å². The van der Waals surface area contributed by atoms with Crippen LogP contribution in [0.15, 0.2) is 72.9 Å². The second-order valence-electron chi connectivity index (χ2n) is 25.1. The van der Waals surface area contributed by atoms with Crippen molar-refractivity contribution in [3.8, 4) is 27.4 Å². The Morgan fingerprint density at radius 2 is 1.60 bits per heavy atom. The van der Waals surface area contributed by atoms with E-state index in [0.717, 1.165) is 93.0 Å². The summed E-state index contributed by atoms with van der Waals surface area (Å²) in [5.41, 5.74) is 11.1. The molecule has 89 heavy (non-hydrogen) atoms. The summed E-state index contributed by atoms with van der Waals surface area (Å²) in [5, 5.41) is 30.9. The van der Waals surface area contributed by atoms with Gasteiger partial charge in [0.05, 0.1) is 64.2 Å². The smallest absolute Gasteiger partial charge is 0.387 e. The summed E-state index contributed by atoms with van der Waals surface area (Å²) >= 11 is 1.57. The third-order valence-corrected chi connectivity index (χ3v) is 18.7. The molecule has 4 aliphatic rings. The first-order valence-corrected chi connectivity index (χ1v) is 31.3. The maximum absolute atomic E-state index is 15.5. The number of thiazole rings is 1. The number of aliphatic hydroxyl groups excluding tert-OH is 2. The number of aliphatic hydroxyl groups is 2. The average molecular weight is 1260 g/mol. The number of ether oxygens (including phenoxy) is 1. The van der Waals surface area contributed by atoms with Crippen molar-refractivity contribution in [2.75, 3.05) is 88.8 Å². The summed E-state index contributed by atoms with van der Waals surface area (Å²) in [6.45, 7) is 14.1. The molecule has 6 atom stereocenters. The van der Waals surface area contributed by atoms with Gasteiger partial charge in [0, 0.05) is 109 Å². The van der Waals surface area contributed by atoms with E-state index in [0.29, 0.717) is 47.7 Å². The van der Waals surface area contributed by atoms with Crippen LogP contribution in [0.2, 0.25) is 0 Å². The van der Waals surface area contributed by atoms with Crippen LogP contribution in [-0.2, 0) is 20.9 Å². The second kappa shape index (κ2) is 28.0. The van der Waals surface area contributed by atoms with Crippen molar-refractivity contribution in [3.05, 3.63) is 95.5 Å². The zero-order valence-corrected chi connectivity index (χ0v) is 51.6. The number of piperidine rings is 2. The van der Waals surface area contributed by atoms with Crippen LogP contribution in [-0.4, -0.2) is 204 Å². The number of nitrogens with one attached hydrogen (secondary N) is 3. The molecule has 4 fully saturated rings. The summed E-state index contributed by atoms with van der Waals surface area (Å²) in [4.78, 5) is 75.9. The average Bonchev–Trinajstić information content (AvgIpc) is 2.21. The third-order valence-electron chi connectivity index (χ3n) is 17.7. The van der Waals surface area contributed by atoms with Gasteiger partial charge in [0.1, 0.15) is 41.6 Å². The number of fused-ring (bicyclic) bond motifs is 1. The Hall–Kier alpha value is -7.01. The Morgan fingerprint density at radius 3 is 2.26 bits per heavy atom. The Balaban J connectivity index is 0.683. The van der Waals surface area contributed by atoms with Crippen LogP contribution in [0.4, 0.5) is 33.5 Å². The highest BCUT2D eigenvalue weighted by Crippen LogP contribution is 2.36. The molecule has 7 N–H and O–H groups in total. The zero-order chi connectivity index (χ0) is 63.3. The number of pyridine rings is 1. The highest BCUT2D eigenvalue weighted by atomic mass is 32.1. The Morgan fingerprint density at radius 1 is 0.888 bits per heavy atom. The lowest BCUT2D eigenvalue weighted by Gasteiger charge is -2.44. The summed E-state index contributed by atoms with van der Waals surface area (Å²) in [6, 6.07) is 10.9. The molecule has 4 aromatic heterocycles. The lowest BCUT2D eigenvalue weighted by molar-refractivity contribution is -0.144. The Kier molecular flexibility index (Phi) is 20.5. The number of nitrogens with zero attached hydrogens (tertiary/aromatic N) is 11. The van der Waals surface area contributed by atoms with Crippen LogP contribution in [0, 0.1) is 18.2 Å². The minimum atomic E-state index is -3.15. The highest BCUT2D eigenvalue weighted by Gasteiger charge is 2.46. The number of piperazine rings is 1. The number of amides is 3. The van der Waals surface area contributed by atoms with Gasteiger partial charge >= 0.3 is 6.61 Å². The molecule has 0 spiro atoms. The van der Waals surface area contributed by atoms with Crippen molar-refractivity contribution in [3.63, 3.8) is 0 Å². The molecule has 3 amide bonds. The molecule has 8 heterocycles. The van der Waals surface area contributed by atoms with Crippen molar-refractivity contribution < 1.29 is 51.3 Å². The number of aromatic nitrogens is 6. The van der Waals surface area contributed by atoms with Gasteiger partial charge in [-0.3, -0.25) is 24.3 Å². The SMILES string of the molecule is Cc1ncsc1-c1ccc([C@H](C)NC(=O)[C@@H]2C[C@@H](O)CN2C(=O)[C@@H](NC(=O)CCN2CCN(CCN3CCC(Nc4ncnc5c4ncn5Cc4cc(-c5ccc(OC(F)F)cc5F)ncc4N4CCC[C@](N)([C@H](O)C(F)F)C4)CC3)CC2)C(C)(C)C)cc1. The number of β-amino-alcohol motifs (C(OH)–C–C–N with tert-alkyl or cyclic N) is 1. The van der Waals surface area contributed by atoms with Crippen LogP contribution in [0.1, 0.15) is 89.1 Å². The van der Waals surface area contributed by atoms with Gasteiger partial charge in [0.25, 0.3) is 6.43 Å². The number of carbonyl (C=O) groups excluding carboxylic acids is 3. The topological polar surface area (TPSA) is 249 Å². The summed E-state index contributed by atoms with van der Waals surface area (Å²) in [6.07, 6.45) is 1.12. The number of anilines is 2. The van der Waals surface area contributed by atoms with Crippen molar-refractivity contribution >= 4 is 51.7 Å². The number of imidazole rings is 1. The van der Waals surface area contributed by atoms with E-state index in [-0.39, 0.29) is 79.8 Å². The predicted octanol–water partition coefficient (Wildman–Crippen LogP) is 6.29. The summed E-state index contributed by atoms with van der Waals surface area (Å²) in [5.74, 6) is -1.66. The molecule has 480 valence electrons. The van der Waals surface area contributed by atoms with Crippen LogP contribution >= 0.6 is 11.3 Å². The minimum absolute atomic E-state index is 0.00823. The molecular weight excluding hydrogens is 1180 g/mol. The Labute approximate surface area is 518 Å². The van der Waals surface area contributed by atoms with Gasteiger partial charge in [-0.2, -0.15) is 8.78 Å². The molecule has 0 aliphatic carbocycles. The van der Waals surface area contributed by atoms with Gasteiger partial charge in [0.2, 0.25) is 17.7 Å². The number of carbonyl (C=O) groups is 3. The maximum Gasteiger partial charge on any atom is 0.387 e. The minimum Gasteiger partial charge on any atom is -0.435 e. The van der Waals surface area contributed by atoms with E-state index in [1.807, 2.05) is 64.4 Å². The number of nitrogens with two attached hydrogens (primary N) is 1. The van der Waals surface area contributed by atoms with E-state index in [1.54, 1.807) is 33.2 Å². The van der Waals surface area contributed by atoms with Gasteiger partial charge in [-0.15, -0.1) is 11.3 Å². The highest BCUT2D eigenvalue weighted by molar-refractivity contribution is 7.13. The number of hydrogen-bond donors (Lipinski definition) is 6. The molecule has 0 bridgehead atoms. The van der Waals surface area contributed by atoms with Gasteiger partial charge in [-0.1, -0.05) is 45.0 Å². The third kappa shape index (κ3) is 15.6. The lowest BCUT2D eigenvalue weighted by atomic mass is 9.84. The van der Waals surface area contributed by atoms with Crippen molar-refractivity contribution in [2.45, 2.75) is 135 Å². The molecule has 10 rings (SSSR count). The summed E-state index contributed by atoms with van der Waals surface area (Å²) < 4.78 is 75.2. The molecule has 4 saturated heterocycles. The molecule has 6 aromatic rings. The number of alkyl halides is 4. The van der Waals surface area contributed by atoms with Crippen molar-refractivity contribution in [2.24, 2.45) is 11.1 Å². The summed E-state index contributed by atoms with van der Waals surface area (Å²) in [7, 11) is 0. The molecule has 21 nitrogen and oxygen atoms in total. The Bertz CT molecular complexity index is 3410. The number of likely N-dealkylation sites (tertiary alicyclic amines) is 2. The van der Waals surface area contributed by atoms with E-state index < -0.39 is 60.0 Å². The van der Waals surface area contributed by atoms with E-state index >= 15 is 4.39 Å². The second-order valence-corrected chi connectivity index (χ2v) is 26.0. The molecule has 4 aliphatic heterocycles. The van der Waals surface area contributed by atoms with E-state index in [4.69, 9.17) is 10.7 Å². The van der Waals surface area contributed by atoms with Gasteiger partial charge < -0.3 is 60.8 Å². The first-order valence-electron chi connectivity index (χ1n) is 30.4. The van der Waals surface area contributed by atoms with Gasteiger partial charge in [-0.25, -0.2) is 33.1 Å². The fraction of sp³-hybridized carbons (Fsp3) is 0.548. The van der Waals surface area contributed by atoms with Crippen molar-refractivity contribution in [1.82, 2.24) is 59.7 Å². The zero-order valence-electron chi connectivity index (χ0n) is 50.8. The van der Waals surface area contributed by atoms with E-state index in [2.05, 4.69) is 55.3 Å². The number of aryl methyl sites for hydroxylation is 1. The standard InChI is InChI=1S/C62H80F5N15O6S/c1-37(39-7-9-40(10-8-39)52-38(2)73-36-89-52)74-58(86)48-28-43(83)32-82(48)59(87)53(61(3,4)5)76-50(84)15-20-78-22-25-79(26-23-78)24-21-77-18-13-42(14-19-77)75-56-51-57(71-34-70-56)81(35-72-51)31-41-27-47(45-12-11-44(29-46(45)63)88-60(66)67)69-30-49(41)80-17-6-16-62(68,33-80)54(85)55(64)65/h7-12,27,29-30,34-37,42-43,48,53-55,60,83,85H,6,13-26,28,31-33,68H2,1-5H3,(H,74,86)(H,76,84)(H,70,71,75)/t37-,43+,48-,53+,54+,62+/m0/s1. The number of halogens is 5. The largest absolute Gasteiger partial charge is 0.435 e. The first-order chi connectivity index (χ1) is 42.5. The molecule has 0 unspecified atom stereocenters. The van der Waals surface area contributed by atoms with Gasteiger partial charge in [0.15, 0.2) is 11.5 Å². The van der Waals surface area contributed by atoms with E-state index in [9.17, 15) is 42.2 Å². The molecule has 27 heteroatoms. The van der Waals surface area contributed by atoms with Crippen LogP contribution in [0.3, 0.4) is 0 Å². The van der Waals surface area contributed by atoms with Crippen LogP contribution in [0.5, 0.6) is 5.75 Å².